The lowest BCUT2D eigenvalue weighted by Gasteiger charge is -2.37. The van der Waals surface area contributed by atoms with Crippen LogP contribution in [-0.2, 0) is 4.74 Å². The molecule has 0 radical (unpaired) electrons. The summed E-state index contributed by atoms with van der Waals surface area (Å²) >= 11 is 0. The van der Waals surface area contributed by atoms with Crippen LogP contribution in [0.2, 0.25) is 0 Å². The molecule has 0 aromatic carbocycles. The van der Waals surface area contributed by atoms with Crippen LogP contribution < -0.4 is 10.6 Å². The first-order valence-corrected chi connectivity index (χ1v) is 8.45. The summed E-state index contributed by atoms with van der Waals surface area (Å²) in [7, 11) is 0. The number of carbonyl (C=O) groups is 1. The Hall–Kier alpha value is -0.770. The third kappa shape index (κ3) is 6.68. The fourth-order valence-electron chi connectivity index (χ4n) is 2.96. The van der Waals surface area contributed by atoms with Gasteiger partial charge in [0.25, 0.3) is 0 Å². The summed E-state index contributed by atoms with van der Waals surface area (Å²) in [6, 6.07) is 0.884. The zero-order valence-electron chi connectivity index (χ0n) is 14.7. The molecular weight excluding hydrogens is 264 g/mol. The molecule has 124 valence electrons. The molecule has 4 unspecified atom stereocenters. The summed E-state index contributed by atoms with van der Waals surface area (Å²) in [6.45, 7) is 13.1. The Morgan fingerprint density at radius 3 is 2.52 bits per heavy atom. The summed E-state index contributed by atoms with van der Waals surface area (Å²) in [4.78, 5) is 11.7. The molecule has 1 aliphatic carbocycles. The van der Waals surface area contributed by atoms with Gasteiger partial charge < -0.3 is 15.4 Å². The topological polar surface area (TPSA) is 50.4 Å². The highest BCUT2D eigenvalue weighted by atomic mass is 16.6. The molecule has 2 N–H and O–H groups in total. The van der Waals surface area contributed by atoms with Gasteiger partial charge in [0.15, 0.2) is 0 Å². The van der Waals surface area contributed by atoms with E-state index in [1.807, 2.05) is 20.8 Å². The highest BCUT2D eigenvalue weighted by molar-refractivity contribution is 5.67. The van der Waals surface area contributed by atoms with E-state index in [4.69, 9.17) is 4.74 Å². The summed E-state index contributed by atoms with van der Waals surface area (Å²) in [5.74, 6) is 1.49. The maximum Gasteiger partial charge on any atom is 0.407 e. The fourth-order valence-corrected chi connectivity index (χ4v) is 2.96. The SMILES string of the molecule is CCC(CNC(=O)OC(C)(C)C)NC1CCCC(C)C1C. The Labute approximate surface area is 130 Å². The van der Waals surface area contributed by atoms with Crippen molar-refractivity contribution in [3.05, 3.63) is 0 Å². The number of ether oxygens (including phenoxy) is 1. The average Bonchev–Trinajstić information content (AvgIpc) is 2.37. The van der Waals surface area contributed by atoms with Gasteiger partial charge in [-0.05, 0) is 45.4 Å². The smallest absolute Gasteiger partial charge is 0.407 e. The van der Waals surface area contributed by atoms with Gasteiger partial charge >= 0.3 is 6.09 Å². The van der Waals surface area contributed by atoms with Gasteiger partial charge in [0.2, 0.25) is 0 Å². The van der Waals surface area contributed by atoms with Gasteiger partial charge in [-0.1, -0.05) is 33.6 Å². The number of alkyl carbamates (subject to hydrolysis) is 1. The molecule has 0 aromatic rings. The van der Waals surface area contributed by atoms with Crippen molar-refractivity contribution in [2.24, 2.45) is 11.8 Å². The molecule has 1 fully saturated rings. The van der Waals surface area contributed by atoms with E-state index in [2.05, 4.69) is 31.4 Å². The summed E-state index contributed by atoms with van der Waals surface area (Å²) < 4.78 is 5.28. The van der Waals surface area contributed by atoms with Crippen molar-refractivity contribution in [2.75, 3.05) is 6.54 Å². The summed E-state index contributed by atoms with van der Waals surface area (Å²) in [6.07, 6.45) is 4.57. The van der Waals surface area contributed by atoms with Crippen molar-refractivity contribution in [1.29, 1.82) is 0 Å². The molecule has 1 amide bonds. The highest BCUT2D eigenvalue weighted by Crippen LogP contribution is 2.29. The Kier molecular flexibility index (Phi) is 6.98. The first-order chi connectivity index (χ1) is 9.73. The van der Waals surface area contributed by atoms with Crippen LogP contribution in [0, 0.1) is 11.8 Å². The van der Waals surface area contributed by atoms with Crippen molar-refractivity contribution in [2.45, 2.75) is 84.9 Å². The van der Waals surface area contributed by atoms with Gasteiger partial charge in [0, 0.05) is 18.6 Å². The molecule has 0 heterocycles. The van der Waals surface area contributed by atoms with E-state index in [9.17, 15) is 4.79 Å². The second-order valence-corrected chi connectivity index (χ2v) is 7.53. The molecule has 4 nitrogen and oxygen atoms in total. The van der Waals surface area contributed by atoms with Gasteiger partial charge in [-0.2, -0.15) is 0 Å². The summed E-state index contributed by atoms with van der Waals surface area (Å²) in [5, 5.41) is 6.62. The lowest BCUT2D eigenvalue weighted by Crippen LogP contribution is -2.50. The summed E-state index contributed by atoms with van der Waals surface area (Å²) in [5.41, 5.74) is -0.438. The average molecular weight is 298 g/mol. The number of hydrogen-bond donors (Lipinski definition) is 2. The van der Waals surface area contributed by atoms with Gasteiger partial charge in [0.05, 0.1) is 0 Å². The quantitative estimate of drug-likeness (QED) is 0.813. The zero-order chi connectivity index (χ0) is 16.0. The Morgan fingerprint density at radius 2 is 1.95 bits per heavy atom. The molecule has 1 aliphatic rings. The zero-order valence-corrected chi connectivity index (χ0v) is 14.7. The second kappa shape index (κ2) is 8.02. The molecule has 0 aliphatic heterocycles. The minimum atomic E-state index is -0.438. The van der Waals surface area contributed by atoms with Gasteiger partial charge in [-0.15, -0.1) is 0 Å². The van der Waals surface area contributed by atoms with Crippen LogP contribution in [-0.4, -0.2) is 30.3 Å². The maximum atomic E-state index is 11.7. The van der Waals surface area contributed by atoms with E-state index >= 15 is 0 Å². The fraction of sp³-hybridized carbons (Fsp3) is 0.941. The molecule has 0 spiro atoms. The largest absolute Gasteiger partial charge is 0.444 e. The first kappa shape index (κ1) is 18.3. The molecule has 1 rings (SSSR count). The number of nitrogens with one attached hydrogen (secondary N) is 2. The van der Waals surface area contributed by atoms with Crippen molar-refractivity contribution >= 4 is 6.09 Å². The molecule has 4 atom stereocenters. The van der Waals surface area contributed by atoms with E-state index in [1.165, 1.54) is 19.3 Å². The lowest BCUT2D eigenvalue weighted by molar-refractivity contribution is 0.0519. The normalized spacial score (nSPS) is 28.0. The minimum absolute atomic E-state index is 0.315. The molecule has 4 heteroatoms. The Balaban J connectivity index is 2.39. The van der Waals surface area contributed by atoms with E-state index in [0.717, 1.165) is 12.3 Å². The van der Waals surface area contributed by atoms with E-state index in [-0.39, 0.29) is 6.09 Å². The van der Waals surface area contributed by atoms with Crippen molar-refractivity contribution in [3.63, 3.8) is 0 Å². The lowest BCUT2D eigenvalue weighted by atomic mass is 9.78. The molecule has 0 aromatic heterocycles. The molecule has 0 saturated heterocycles. The van der Waals surface area contributed by atoms with Crippen LogP contribution in [0.25, 0.3) is 0 Å². The maximum absolute atomic E-state index is 11.7. The van der Waals surface area contributed by atoms with Crippen LogP contribution in [0.1, 0.15) is 67.2 Å². The third-order valence-electron chi connectivity index (χ3n) is 4.54. The first-order valence-electron chi connectivity index (χ1n) is 8.45. The highest BCUT2D eigenvalue weighted by Gasteiger charge is 2.28. The van der Waals surface area contributed by atoms with E-state index in [1.54, 1.807) is 0 Å². The van der Waals surface area contributed by atoms with Crippen molar-refractivity contribution < 1.29 is 9.53 Å². The van der Waals surface area contributed by atoms with Crippen LogP contribution in [0.15, 0.2) is 0 Å². The van der Waals surface area contributed by atoms with Gasteiger partial charge in [-0.3, -0.25) is 0 Å². The van der Waals surface area contributed by atoms with E-state index in [0.29, 0.717) is 24.5 Å². The minimum Gasteiger partial charge on any atom is -0.444 e. The molecular formula is C17H34N2O2. The third-order valence-corrected chi connectivity index (χ3v) is 4.54. The monoisotopic (exact) mass is 298 g/mol. The Bertz CT molecular complexity index is 325. The molecule has 21 heavy (non-hydrogen) atoms. The van der Waals surface area contributed by atoms with Gasteiger partial charge in [-0.25, -0.2) is 4.79 Å². The van der Waals surface area contributed by atoms with Gasteiger partial charge in [0.1, 0.15) is 5.60 Å². The van der Waals surface area contributed by atoms with E-state index < -0.39 is 5.60 Å². The number of amides is 1. The van der Waals surface area contributed by atoms with Crippen molar-refractivity contribution in [1.82, 2.24) is 10.6 Å². The number of hydrogen-bond acceptors (Lipinski definition) is 3. The van der Waals surface area contributed by atoms with Crippen LogP contribution >= 0.6 is 0 Å². The molecule has 1 saturated carbocycles. The van der Waals surface area contributed by atoms with Crippen LogP contribution in [0.4, 0.5) is 4.79 Å². The predicted octanol–water partition coefficient (Wildman–Crippen LogP) is 3.70. The number of rotatable bonds is 5. The van der Waals surface area contributed by atoms with Crippen LogP contribution in [0.5, 0.6) is 0 Å². The number of carbonyl (C=O) groups excluding carboxylic acids is 1. The molecule has 0 bridgehead atoms. The predicted molar refractivity (Wildman–Crippen MR) is 87.4 cm³/mol. The second-order valence-electron chi connectivity index (χ2n) is 7.53. The standard InChI is InChI=1S/C17H34N2O2/c1-7-14(11-18-16(20)21-17(4,5)6)19-15-10-8-9-12(2)13(15)3/h12-15,19H,7-11H2,1-6H3,(H,18,20). The van der Waals surface area contributed by atoms with Crippen molar-refractivity contribution in [3.8, 4) is 0 Å². The van der Waals surface area contributed by atoms with Crippen LogP contribution in [0.3, 0.4) is 0 Å². The Morgan fingerprint density at radius 1 is 1.29 bits per heavy atom.